The van der Waals surface area contributed by atoms with Crippen molar-refractivity contribution < 1.29 is 13.3 Å². The highest BCUT2D eigenvalue weighted by Gasteiger charge is 2.37. The molecule has 8 heteroatoms. The number of nitro benzene ring substituents is 1. The maximum atomic E-state index is 13.2. The van der Waals surface area contributed by atoms with Crippen LogP contribution in [0.1, 0.15) is 30.9 Å². The lowest BCUT2D eigenvalue weighted by Gasteiger charge is -2.40. The van der Waals surface area contributed by atoms with Gasteiger partial charge in [-0.15, -0.1) is 0 Å². The van der Waals surface area contributed by atoms with E-state index in [2.05, 4.69) is 36.1 Å². The SMILES string of the molecule is Cc1c([N+](=O)[O-])cccc1S(=O)(=O)N1CCC(N2c3ccccc3CC2C)CC1. The van der Waals surface area contributed by atoms with Gasteiger partial charge in [-0.05, 0) is 50.8 Å². The number of anilines is 1. The second kappa shape index (κ2) is 7.42. The summed E-state index contributed by atoms with van der Waals surface area (Å²) in [4.78, 5) is 13.1. The molecular weight excluding hydrogens is 390 g/mol. The first-order valence-electron chi connectivity index (χ1n) is 9.91. The fourth-order valence-electron chi connectivity index (χ4n) is 4.73. The first-order valence-corrected chi connectivity index (χ1v) is 11.3. The van der Waals surface area contributed by atoms with Gasteiger partial charge in [0.15, 0.2) is 0 Å². The van der Waals surface area contributed by atoms with Gasteiger partial charge >= 0.3 is 0 Å². The van der Waals surface area contributed by atoms with Crippen LogP contribution in [0, 0.1) is 17.0 Å². The molecular formula is C21H25N3O4S. The Hall–Kier alpha value is -2.45. The predicted octanol–water partition coefficient (Wildman–Crippen LogP) is 3.51. The summed E-state index contributed by atoms with van der Waals surface area (Å²) in [6.07, 6.45) is 2.50. The molecule has 4 rings (SSSR count). The normalized spacial score (nSPS) is 20.6. The Morgan fingerprint density at radius 2 is 1.76 bits per heavy atom. The average molecular weight is 416 g/mol. The first-order chi connectivity index (χ1) is 13.8. The van der Waals surface area contributed by atoms with Crippen molar-refractivity contribution in [1.29, 1.82) is 0 Å². The molecule has 2 aliphatic rings. The Morgan fingerprint density at radius 3 is 2.45 bits per heavy atom. The van der Waals surface area contributed by atoms with E-state index < -0.39 is 14.9 Å². The summed E-state index contributed by atoms with van der Waals surface area (Å²) in [5, 5.41) is 11.2. The summed E-state index contributed by atoms with van der Waals surface area (Å²) in [7, 11) is -3.76. The summed E-state index contributed by atoms with van der Waals surface area (Å²) < 4.78 is 27.8. The lowest BCUT2D eigenvalue weighted by molar-refractivity contribution is -0.385. The lowest BCUT2D eigenvalue weighted by atomic mass is 10.0. The summed E-state index contributed by atoms with van der Waals surface area (Å²) in [6, 6.07) is 13.4. The highest BCUT2D eigenvalue weighted by atomic mass is 32.2. The summed E-state index contributed by atoms with van der Waals surface area (Å²) in [5.74, 6) is 0. The molecule has 0 saturated carbocycles. The smallest absolute Gasteiger partial charge is 0.273 e. The minimum absolute atomic E-state index is 0.0324. The van der Waals surface area contributed by atoms with Gasteiger partial charge < -0.3 is 4.90 Å². The molecule has 7 nitrogen and oxygen atoms in total. The summed E-state index contributed by atoms with van der Waals surface area (Å²) >= 11 is 0. The molecule has 0 radical (unpaired) electrons. The third kappa shape index (κ3) is 3.40. The number of nitrogens with zero attached hydrogens (tertiary/aromatic N) is 3. The van der Waals surface area contributed by atoms with Crippen LogP contribution in [-0.2, 0) is 16.4 Å². The number of hydrogen-bond acceptors (Lipinski definition) is 5. The van der Waals surface area contributed by atoms with Gasteiger partial charge in [-0.3, -0.25) is 10.1 Å². The van der Waals surface area contributed by atoms with E-state index in [4.69, 9.17) is 0 Å². The summed E-state index contributed by atoms with van der Waals surface area (Å²) in [6.45, 7) is 4.55. The molecule has 0 N–H and O–H groups in total. The Balaban J connectivity index is 1.53. The molecule has 0 amide bonds. The third-order valence-electron chi connectivity index (χ3n) is 6.15. The van der Waals surface area contributed by atoms with Gasteiger partial charge in [0, 0.05) is 42.5 Å². The van der Waals surface area contributed by atoms with Crippen LogP contribution in [0.15, 0.2) is 47.4 Å². The Bertz CT molecular complexity index is 1050. The number of nitro groups is 1. The summed E-state index contributed by atoms with van der Waals surface area (Å²) in [5.41, 5.74) is 2.64. The average Bonchev–Trinajstić information content (AvgIpc) is 3.03. The molecule has 0 spiro atoms. The second-order valence-electron chi connectivity index (χ2n) is 7.88. The number of hydrogen-bond donors (Lipinski definition) is 0. The van der Waals surface area contributed by atoms with Gasteiger partial charge in [0.05, 0.1) is 9.82 Å². The highest BCUT2D eigenvalue weighted by molar-refractivity contribution is 7.89. The van der Waals surface area contributed by atoms with E-state index in [1.165, 1.54) is 40.7 Å². The van der Waals surface area contributed by atoms with Gasteiger partial charge in [-0.1, -0.05) is 24.3 Å². The number of fused-ring (bicyclic) bond motifs is 1. The van der Waals surface area contributed by atoms with Crippen LogP contribution in [0.5, 0.6) is 0 Å². The van der Waals surface area contributed by atoms with Crippen LogP contribution < -0.4 is 4.90 Å². The van der Waals surface area contributed by atoms with E-state index in [9.17, 15) is 18.5 Å². The van der Waals surface area contributed by atoms with Gasteiger partial charge in [0.2, 0.25) is 10.0 Å². The van der Waals surface area contributed by atoms with Crippen LogP contribution in [0.25, 0.3) is 0 Å². The number of rotatable bonds is 4. The monoisotopic (exact) mass is 415 g/mol. The van der Waals surface area contributed by atoms with E-state index in [1.54, 1.807) is 0 Å². The molecule has 0 aromatic heterocycles. The maximum Gasteiger partial charge on any atom is 0.273 e. The molecule has 0 bridgehead atoms. The van der Waals surface area contributed by atoms with E-state index in [0.29, 0.717) is 25.2 Å². The molecule has 1 saturated heterocycles. The van der Waals surface area contributed by atoms with Gasteiger partial charge in [-0.2, -0.15) is 4.31 Å². The van der Waals surface area contributed by atoms with Gasteiger partial charge in [0.25, 0.3) is 5.69 Å². The lowest BCUT2D eigenvalue weighted by Crippen LogP contribution is -2.48. The van der Waals surface area contributed by atoms with E-state index >= 15 is 0 Å². The molecule has 1 unspecified atom stereocenters. The maximum absolute atomic E-state index is 13.2. The predicted molar refractivity (Wildman–Crippen MR) is 112 cm³/mol. The van der Waals surface area contributed by atoms with Crippen LogP contribution >= 0.6 is 0 Å². The Labute approximate surface area is 171 Å². The largest absolute Gasteiger partial charge is 0.365 e. The molecule has 29 heavy (non-hydrogen) atoms. The first kappa shape index (κ1) is 19.8. The number of sulfonamides is 1. The van der Waals surface area contributed by atoms with Crippen molar-refractivity contribution >= 4 is 21.4 Å². The van der Waals surface area contributed by atoms with E-state index in [1.807, 2.05) is 0 Å². The minimum Gasteiger partial charge on any atom is -0.365 e. The molecule has 2 aromatic carbocycles. The molecule has 2 aromatic rings. The zero-order chi connectivity index (χ0) is 20.8. The van der Waals surface area contributed by atoms with Crippen molar-refractivity contribution in [2.75, 3.05) is 18.0 Å². The molecule has 1 atom stereocenters. The van der Waals surface area contributed by atoms with Gasteiger partial charge in [-0.25, -0.2) is 8.42 Å². The van der Waals surface area contributed by atoms with E-state index in [-0.39, 0.29) is 16.1 Å². The zero-order valence-electron chi connectivity index (χ0n) is 16.6. The van der Waals surface area contributed by atoms with Gasteiger partial charge in [0.1, 0.15) is 0 Å². The second-order valence-corrected chi connectivity index (χ2v) is 9.79. The van der Waals surface area contributed by atoms with Crippen molar-refractivity contribution in [3.63, 3.8) is 0 Å². The molecule has 154 valence electrons. The van der Waals surface area contributed by atoms with E-state index in [0.717, 1.165) is 19.3 Å². The van der Waals surface area contributed by atoms with Crippen molar-refractivity contribution in [3.05, 3.63) is 63.7 Å². The minimum atomic E-state index is -3.76. The van der Waals surface area contributed by atoms with Crippen LogP contribution in [-0.4, -0.2) is 42.8 Å². The number of para-hydroxylation sites is 1. The zero-order valence-corrected chi connectivity index (χ0v) is 17.4. The number of piperidine rings is 1. The fraction of sp³-hybridized carbons (Fsp3) is 0.429. The van der Waals surface area contributed by atoms with Crippen molar-refractivity contribution in [3.8, 4) is 0 Å². The van der Waals surface area contributed by atoms with Crippen molar-refractivity contribution in [2.24, 2.45) is 0 Å². The molecule has 2 heterocycles. The topological polar surface area (TPSA) is 83.8 Å². The highest BCUT2D eigenvalue weighted by Crippen LogP contribution is 2.37. The van der Waals surface area contributed by atoms with Crippen LogP contribution in [0.2, 0.25) is 0 Å². The quantitative estimate of drug-likeness (QED) is 0.564. The third-order valence-corrected chi connectivity index (χ3v) is 8.19. The van der Waals surface area contributed by atoms with Crippen molar-refractivity contribution in [2.45, 2.75) is 50.1 Å². The molecule has 2 aliphatic heterocycles. The Morgan fingerprint density at radius 1 is 1.07 bits per heavy atom. The number of benzene rings is 2. The van der Waals surface area contributed by atoms with Crippen LogP contribution in [0.3, 0.4) is 0 Å². The Kier molecular flexibility index (Phi) is 5.08. The molecule has 1 fully saturated rings. The molecule has 0 aliphatic carbocycles. The van der Waals surface area contributed by atoms with Crippen LogP contribution in [0.4, 0.5) is 11.4 Å². The fourth-order valence-corrected chi connectivity index (χ4v) is 6.44. The standard InChI is InChI=1S/C21H25N3O4S/c1-15-14-17-6-3-4-7-20(17)23(15)18-10-12-22(13-11-18)29(27,28)21-9-5-8-19(16(21)2)24(25)26/h3-9,15,18H,10-14H2,1-2H3. The van der Waals surface area contributed by atoms with Crippen molar-refractivity contribution in [1.82, 2.24) is 4.31 Å².